The molecule has 1 aromatic carbocycles. The SMILES string of the molecule is CCSc1cccc(NCc2ncc(C)s2)c1C(=O)O. The van der Waals surface area contributed by atoms with Gasteiger partial charge >= 0.3 is 5.97 Å². The molecule has 0 saturated heterocycles. The van der Waals surface area contributed by atoms with Gasteiger partial charge in [0.2, 0.25) is 0 Å². The highest BCUT2D eigenvalue weighted by Crippen LogP contribution is 2.29. The normalized spacial score (nSPS) is 10.5. The number of nitrogens with zero attached hydrogens (tertiary/aromatic N) is 1. The number of thiazole rings is 1. The van der Waals surface area contributed by atoms with Crippen molar-refractivity contribution < 1.29 is 9.90 Å². The van der Waals surface area contributed by atoms with Gasteiger partial charge in [0.05, 0.1) is 17.8 Å². The van der Waals surface area contributed by atoms with E-state index in [1.54, 1.807) is 17.4 Å². The summed E-state index contributed by atoms with van der Waals surface area (Å²) in [6.07, 6.45) is 1.82. The Bertz CT molecular complexity index is 611. The molecule has 0 fully saturated rings. The van der Waals surface area contributed by atoms with Gasteiger partial charge in [-0.1, -0.05) is 13.0 Å². The molecule has 0 aliphatic rings. The number of thioether (sulfide) groups is 1. The zero-order valence-corrected chi connectivity index (χ0v) is 13.0. The first-order chi connectivity index (χ1) is 9.61. The molecule has 0 bridgehead atoms. The monoisotopic (exact) mass is 308 g/mol. The summed E-state index contributed by atoms with van der Waals surface area (Å²) in [5.41, 5.74) is 0.983. The van der Waals surface area contributed by atoms with E-state index in [1.807, 2.05) is 32.2 Å². The Morgan fingerprint density at radius 3 is 2.90 bits per heavy atom. The van der Waals surface area contributed by atoms with Crippen LogP contribution in [0.15, 0.2) is 29.3 Å². The van der Waals surface area contributed by atoms with Crippen LogP contribution in [0.5, 0.6) is 0 Å². The van der Waals surface area contributed by atoms with Crippen molar-refractivity contribution >= 4 is 34.8 Å². The van der Waals surface area contributed by atoms with Gasteiger partial charge < -0.3 is 10.4 Å². The molecule has 0 aliphatic carbocycles. The van der Waals surface area contributed by atoms with Crippen molar-refractivity contribution in [3.05, 3.63) is 39.8 Å². The molecule has 20 heavy (non-hydrogen) atoms. The molecule has 106 valence electrons. The summed E-state index contributed by atoms with van der Waals surface area (Å²) < 4.78 is 0. The second-order valence-corrected chi connectivity index (χ2v) is 6.76. The third-order valence-corrected chi connectivity index (χ3v) is 4.49. The maximum Gasteiger partial charge on any atom is 0.338 e. The molecule has 0 spiro atoms. The molecule has 2 aromatic rings. The van der Waals surface area contributed by atoms with Crippen LogP contribution in [-0.2, 0) is 6.54 Å². The third kappa shape index (κ3) is 3.52. The zero-order valence-electron chi connectivity index (χ0n) is 11.3. The molecule has 4 nitrogen and oxygen atoms in total. The van der Waals surface area contributed by atoms with E-state index in [1.165, 1.54) is 11.8 Å². The van der Waals surface area contributed by atoms with Crippen molar-refractivity contribution in [1.82, 2.24) is 4.98 Å². The number of anilines is 1. The highest BCUT2D eigenvalue weighted by molar-refractivity contribution is 7.99. The van der Waals surface area contributed by atoms with Gasteiger partial charge in [0.15, 0.2) is 0 Å². The summed E-state index contributed by atoms with van der Waals surface area (Å²) in [4.78, 5) is 17.7. The highest BCUT2D eigenvalue weighted by atomic mass is 32.2. The van der Waals surface area contributed by atoms with E-state index < -0.39 is 5.97 Å². The summed E-state index contributed by atoms with van der Waals surface area (Å²) in [6, 6.07) is 5.51. The first-order valence-electron chi connectivity index (χ1n) is 6.26. The van der Waals surface area contributed by atoms with Crippen LogP contribution in [0.2, 0.25) is 0 Å². The summed E-state index contributed by atoms with van der Waals surface area (Å²) >= 11 is 3.15. The predicted octanol–water partition coefficient (Wildman–Crippen LogP) is 3.87. The fourth-order valence-corrected chi connectivity index (χ4v) is 3.38. The number of nitrogens with one attached hydrogen (secondary N) is 1. The van der Waals surface area contributed by atoms with E-state index in [4.69, 9.17) is 0 Å². The van der Waals surface area contributed by atoms with E-state index in [0.717, 1.165) is 20.5 Å². The maximum absolute atomic E-state index is 11.5. The lowest BCUT2D eigenvalue weighted by Crippen LogP contribution is -2.07. The molecular weight excluding hydrogens is 292 g/mol. The first-order valence-corrected chi connectivity index (χ1v) is 8.06. The zero-order chi connectivity index (χ0) is 14.5. The molecule has 0 unspecified atom stereocenters. The second-order valence-electron chi connectivity index (χ2n) is 4.14. The topological polar surface area (TPSA) is 62.2 Å². The Morgan fingerprint density at radius 2 is 2.30 bits per heavy atom. The van der Waals surface area contributed by atoms with Gasteiger partial charge in [0, 0.05) is 16.0 Å². The van der Waals surface area contributed by atoms with E-state index in [-0.39, 0.29) is 0 Å². The number of hydrogen-bond donors (Lipinski definition) is 2. The number of aromatic nitrogens is 1. The Hall–Kier alpha value is -1.53. The molecule has 0 aliphatic heterocycles. The molecule has 2 rings (SSSR count). The van der Waals surface area contributed by atoms with Crippen molar-refractivity contribution in [3.8, 4) is 0 Å². The van der Waals surface area contributed by atoms with Crippen LogP contribution in [0.1, 0.15) is 27.2 Å². The lowest BCUT2D eigenvalue weighted by atomic mass is 10.2. The molecule has 2 N–H and O–H groups in total. The number of carboxylic acid groups (broad SMARTS) is 1. The van der Waals surface area contributed by atoms with Crippen LogP contribution in [0.3, 0.4) is 0 Å². The number of hydrogen-bond acceptors (Lipinski definition) is 5. The predicted molar refractivity (Wildman–Crippen MR) is 84.0 cm³/mol. The Balaban J connectivity index is 2.22. The van der Waals surface area contributed by atoms with Gasteiger partial charge in [-0.05, 0) is 24.8 Å². The van der Waals surface area contributed by atoms with Crippen molar-refractivity contribution in [2.45, 2.75) is 25.3 Å². The number of aryl methyl sites for hydroxylation is 1. The van der Waals surface area contributed by atoms with Gasteiger partial charge in [-0.15, -0.1) is 23.1 Å². The van der Waals surface area contributed by atoms with E-state index in [9.17, 15) is 9.90 Å². The van der Waals surface area contributed by atoms with Crippen LogP contribution < -0.4 is 5.32 Å². The molecule has 1 aromatic heterocycles. The van der Waals surface area contributed by atoms with Gasteiger partial charge in [-0.3, -0.25) is 0 Å². The van der Waals surface area contributed by atoms with Crippen LogP contribution in [0.4, 0.5) is 5.69 Å². The van der Waals surface area contributed by atoms with Crippen molar-refractivity contribution in [2.24, 2.45) is 0 Å². The van der Waals surface area contributed by atoms with E-state index in [0.29, 0.717) is 17.8 Å². The fraction of sp³-hybridized carbons (Fsp3) is 0.286. The molecule has 1 heterocycles. The summed E-state index contributed by atoms with van der Waals surface area (Å²) in [6.45, 7) is 4.55. The average molecular weight is 308 g/mol. The highest BCUT2D eigenvalue weighted by Gasteiger charge is 2.15. The smallest absolute Gasteiger partial charge is 0.338 e. The third-order valence-electron chi connectivity index (χ3n) is 2.64. The number of benzene rings is 1. The number of carbonyl (C=O) groups is 1. The van der Waals surface area contributed by atoms with Gasteiger partial charge in [-0.2, -0.15) is 0 Å². The minimum Gasteiger partial charge on any atom is -0.478 e. The Labute approximate surface area is 126 Å². The van der Waals surface area contributed by atoms with Crippen LogP contribution >= 0.6 is 23.1 Å². The molecule has 0 saturated carbocycles. The lowest BCUT2D eigenvalue weighted by molar-refractivity contribution is 0.0694. The van der Waals surface area contributed by atoms with Crippen molar-refractivity contribution in [1.29, 1.82) is 0 Å². The molecular formula is C14H16N2O2S2. The first kappa shape index (κ1) is 14.9. The summed E-state index contributed by atoms with van der Waals surface area (Å²) in [5, 5.41) is 13.5. The van der Waals surface area contributed by atoms with Crippen LogP contribution in [0, 0.1) is 6.92 Å². The van der Waals surface area contributed by atoms with Crippen LogP contribution in [-0.4, -0.2) is 21.8 Å². The van der Waals surface area contributed by atoms with Gasteiger partial charge in [0.1, 0.15) is 5.01 Å². The lowest BCUT2D eigenvalue weighted by Gasteiger charge is -2.11. The molecule has 0 atom stereocenters. The molecule has 6 heteroatoms. The quantitative estimate of drug-likeness (QED) is 0.793. The van der Waals surface area contributed by atoms with Crippen molar-refractivity contribution in [3.63, 3.8) is 0 Å². The Morgan fingerprint density at radius 1 is 1.50 bits per heavy atom. The van der Waals surface area contributed by atoms with E-state index >= 15 is 0 Å². The summed E-state index contributed by atoms with van der Waals surface area (Å²) in [5.74, 6) is -0.0607. The molecule has 0 radical (unpaired) electrons. The standard InChI is InChI=1S/C14H16N2O2S2/c1-3-19-11-6-4-5-10(13(11)14(17)18)15-8-12-16-7-9(2)20-12/h4-7,15H,3,8H2,1-2H3,(H,17,18). The maximum atomic E-state index is 11.5. The van der Waals surface area contributed by atoms with Crippen LogP contribution in [0.25, 0.3) is 0 Å². The summed E-state index contributed by atoms with van der Waals surface area (Å²) in [7, 11) is 0. The Kier molecular flexibility index (Phi) is 5.03. The average Bonchev–Trinajstić information content (AvgIpc) is 2.82. The van der Waals surface area contributed by atoms with Gasteiger partial charge in [0.25, 0.3) is 0 Å². The fourth-order valence-electron chi connectivity index (χ4n) is 1.83. The van der Waals surface area contributed by atoms with Gasteiger partial charge in [-0.25, -0.2) is 9.78 Å². The van der Waals surface area contributed by atoms with E-state index in [2.05, 4.69) is 10.3 Å². The largest absolute Gasteiger partial charge is 0.478 e. The molecule has 0 amide bonds. The minimum atomic E-state index is -0.903. The van der Waals surface area contributed by atoms with Crippen molar-refractivity contribution in [2.75, 3.05) is 11.1 Å². The number of rotatable bonds is 6. The second kappa shape index (κ2) is 6.76. The minimum absolute atomic E-state index is 0.340. The number of carboxylic acids is 1. The number of aromatic carboxylic acids is 1.